The number of hydrogen-bond donors (Lipinski definition) is 1. The second-order valence-electron chi connectivity index (χ2n) is 8.37. The number of rotatable bonds is 8. The average molecular weight is 471 g/mol. The van der Waals surface area contributed by atoms with Gasteiger partial charge in [0.25, 0.3) is 5.56 Å². The minimum atomic E-state index is -0.423. The van der Waals surface area contributed by atoms with Crippen molar-refractivity contribution in [3.8, 4) is 17.2 Å². The molecule has 9 nitrogen and oxygen atoms in total. The summed E-state index contributed by atoms with van der Waals surface area (Å²) in [6.07, 6.45) is 0.944. The van der Waals surface area contributed by atoms with E-state index < -0.39 is 11.7 Å². The molecule has 0 bridgehead atoms. The first-order valence-corrected chi connectivity index (χ1v) is 11.3. The van der Waals surface area contributed by atoms with Crippen LogP contribution in [0, 0.1) is 0 Å². The van der Waals surface area contributed by atoms with Crippen molar-refractivity contribution >= 4 is 10.9 Å². The molecular formula is C25H30N2O7. The van der Waals surface area contributed by atoms with Gasteiger partial charge in [-0.15, -0.1) is 0 Å². The number of nitrogens with zero attached hydrogens (tertiary/aromatic N) is 2. The predicted molar refractivity (Wildman–Crippen MR) is 127 cm³/mol. The molecule has 0 saturated carbocycles. The molecular weight excluding hydrogens is 440 g/mol. The lowest BCUT2D eigenvalue weighted by atomic mass is 10.1. The van der Waals surface area contributed by atoms with E-state index in [0.717, 1.165) is 5.56 Å². The molecule has 9 heteroatoms. The molecule has 1 aliphatic heterocycles. The second-order valence-corrected chi connectivity index (χ2v) is 8.37. The van der Waals surface area contributed by atoms with Crippen LogP contribution in [0.5, 0.6) is 17.2 Å². The lowest BCUT2D eigenvalue weighted by molar-refractivity contribution is 0.0691. The summed E-state index contributed by atoms with van der Waals surface area (Å²) in [5.74, 6) is 1.55. The monoisotopic (exact) mass is 470 g/mol. The van der Waals surface area contributed by atoms with Crippen molar-refractivity contribution in [1.82, 2.24) is 9.13 Å². The number of hydrogen-bond acceptors (Lipinski definition) is 7. The molecule has 1 atom stereocenters. The molecule has 2 aromatic carbocycles. The molecule has 1 saturated heterocycles. The maximum Gasteiger partial charge on any atom is 0.332 e. The second kappa shape index (κ2) is 10.3. The van der Waals surface area contributed by atoms with E-state index in [1.165, 1.54) is 11.7 Å². The molecule has 1 aromatic heterocycles. The molecule has 1 aliphatic rings. The predicted octanol–water partition coefficient (Wildman–Crippen LogP) is 2.34. The Morgan fingerprint density at radius 2 is 1.79 bits per heavy atom. The molecule has 0 unspecified atom stereocenters. The summed E-state index contributed by atoms with van der Waals surface area (Å²) in [5.41, 5.74) is 0.530. The highest BCUT2D eigenvalue weighted by Gasteiger charge is 2.23. The van der Waals surface area contributed by atoms with Gasteiger partial charge in [0.15, 0.2) is 11.5 Å². The van der Waals surface area contributed by atoms with E-state index in [1.54, 1.807) is 55.0 Å². The largest absolute Gasteiger partial charge is 0.493 e. The minimum absolute atomic E-state index is 0.0787. The van der Waals surface area contributed by atoms with Crippen LogP contribution in [0.1, 0.15) is 31.4 Å². The lowest BCUT2D eigenvalue weighted by Crippen LogP contribution is -2.42. The van der Waals surface area contributed by atoms with Crippen LogP contribution in [-0.4, -0.2) is 54.4 Å². The Morgan fingerprint density at radius 1 is 1.06 bits per heavy atom. The van der Waals surface area contributed by atoms with Gasteiger partial charge < -0.3 is 24.1 Å². The summed E-state index contributed by atoms with van der Waals surface area (Å²) < 4.78 is 24.8. The van der Waals surface area contributed by atoms with E-state index in [-0.39, 0.29) is 24.9 Å². The Morgan fingerprint density at radius 3 is 2.47 bits per heavy atom. The van der Waals surface area contributed by atoms with Gasteiger partial charge in [-0.1, -0.05) is 6.07 Å². The van der Waals surface area contributed by atoms with Crippen molar-refractivity contribution in [2.45, 2.75) is 38.5 Å². The number of fused-ring (bicyclic) bond motifs is 1. The summed E-state index contributed by atoms with van der Waals surface area (Å²) in [4.78, 5) is 27.2. The zero-order valence-electron chi connectivity index (χ0n) is 19.7. The molecule has 182 valence electrons. The van der Waals surface area contributed by atoms with Gasteiger partial charge in [-0.3, -0.25) is 13.9 Å². The van der Waals surface area contributed by atoms with E-state index in [2.05, 4.69) is 0 Å². The zero-order chi connectivity index (χ0) is 24.2. The first-order chi connectivity index (χ1) is 16.5. The lowest BCUT2D eigenvalue weighted by Gasteiger charge is -2.26. The van der Waals surface area contributed by atoms with Crippen molar-refractivity contribution in [2.24, 2.45) is 0 Å². The summed E-state index contributed by atoms with van der Waals surface area (Å²) in [7, 11) is 3.09. The van der Waals surface area contributed by atoms with Crippen molar-refractivity contribution in [3.63, 3.8) is 0 Å². The summed E-state index contributed by atoms with van der Waals surface area (Å²) in [6.45, 7) is 2.78. The number of benzene rings is 2. The molecule has 1 N–H and O–H groups in total. The van der Waals surface area contributed by atoms with E-state index >= 15 is 0 Å². The number of aliphatic hydroxyl groups is 1. The van der Waals surface area contributed by atoms with Gasteiger partial charge in [-0.05, 0) is 55.7 Å². The highest BCUT2D eigenvalue weighted by Crippen LogP contribution is 2.28. The summed E-state index contributed by atoms with van der Waals surface area (Å²) in [5, 5.41) is 9.72. The topological polar surface area (TPSA) is 101 Å². The molecule has 0 radical (unpaired) electrons. The normalized spacial score (nSPS) is 15.3. The number of methoxy groups -OCH3 is 2. The Hall–Kier alpha value is -3.30. The van der Waals surface area contributed by atoms with E-state index in [9.17, 15) is 14.7 Å². The SMILES string of the molecule is COc1ccc(Cn2c(=O)c3cc(O[C@H](C)CO)ccc3n(C3CCOCC3)c2=O)cc1OC. The maximum absolute atomic E-state index is 13.7. The highest BCUT2D eigenvalue weighted by atomic mass is 16.5. The fourth-order valence-corrected chi connectivity index (χ4v) is 4.30. The Balaban J connectivity index is 1.88. The van der Waals surface area contributed by atoms with Crippen molar-refractivity contribution in [1.29, 1.82) is 0 Å². The van der Waals surface area contributed by atoms with Crippen molar-refractivity contribution in [2.75, 3.05) is 34.0 Å². The van der Waals surface area contributed by atoms with Crippen LogP contribution >= 0.6 is 0 Å². The third-order valence-electron chi connectivity index (χ3n) is 6.08. The van der Waals surface area contributed by atoms with E-state index in [4.69, 9.17) is 18.9 Å². The van der Waals surface area contributed by atoms with Crippen LogP contribution in [0.4, 0.5) is 0 Å². The summed E-state index contributed by atoms with van der Waals surface area (Å²) >= 11 is 0. The van der Waals surface area contributed by atoms with Crippen LogP contribution < -0.4 is 25.5 Å². The van der Waals surface area contributed by atoms with Crippen LogP contribution in [0.2, 0.25) is 0 Å². The van der Waals surface area contributed by atoms with Crippen LogP contribution in [0.15, 0.2) is 46.0 Å². The van der Waals surface area contributed by atoms with Gasteiger partial charge in [0, 0.05) is 19.3 Å². The van der Waals surface area contributed by atoms with E-state index in [1.807, 2.05) is 0 Å². The third kappa shape index (κ3) is 4.67. The first kappa shape index (κ1) is 23.8. The Bertz CT molecular complexity index is 1270. The Labute approximate surface area is 197 Å². The minimum Gasteiger partial charge on any atom is -0.493 e. The molecule has 34 heavy (non-hydrogen) atoms. The van der Waals surface area contributed by atoms with Crippen molar-refractivity contribution < 1.29 is 24.1 Å². The quantitative estimate of drug-likeness (QED) is 0.539. The fourth-order valence-electron chi connectivity index (χ4n) is 4.30. The average Bonchev–Trinajstić information content (AvgIpc) is 2.87. The van der Waals surface area contributed by atoms with Gasteiger partial charge >= 0.3 is 5.69 Å². The van der Waals surface area contributed by atoms with Gasteiger partial charge in [0.05, 0.1) is 38.3 Å². The number of aromatic nitrogens is 2. The maximum atomic E-state index is 13.7. The van der Waals surface area contributed by atoms with Gasteiger partial charge in [0.1, 0.15) is 11.9 Å². The Kier molecular flexibility index (Phi) is 7.23. The van der Waals surface area contributed by atoms with E-state index in [0.29, 0.717) is 54.2 Å². The highest BCUT2D eigenvalue weighted by molar-refractivity contribution is 5.80. The van der Waals surface area contributed by atoms with Crippen LogP contribution in [0.25, 0.3) is 10.9 Å². The molecule has 0 aliphatic carbocycles. The van der Waals surface area contributed by atoms with Gasteiger partial charge in [0.2, 0.25) is 0 Å². The smallest absolute Gasteiger partial charge is 0.332 e. The van der Waals surface area contributed by atoms with Gasteiger partial charge in [-0.2, -0.15) is 0 Å². The van der Waals surface area contributed by atoms with Crippen LogP contribution in [-0.2, 0) is 11.3 Å². The first-order valence-electron chi connectivity index (χ1n) is 11.3. The molecule has 0 amide bonds. The molecule has 1 fully saturated rings. The zero-order valence-corrected chi connectivity index (χ0v) is 19.7. The van der Waals surface area contributed by atoms with Gasteiger partial charge in [-0.25, -0.2) is 4.79 Å². The van der Waals surface area contributed by atoms with Crippen molar-refractivity contribution in [3.05, 3.63) is 62.8 Å². The molecule has 3 aromatic rings. The number of ether oxygens (including phenoxy) is 4. The standard InChI is InChI=1S/C25H30N2O7/c1-16(15-28)34-19-5-6-21-20(13-19)24(29)26(25(30)27(21)18-8-10-33-11-9-18)14-17-4-7-22(31-2)23(12-17)32-3/h4-7,12-13,16,18,28H,8-11,14-15H2,1-3H3/t16-/m1/s1. The molecule has 2 heterocycles. The summed E-state index contributed by atoms with van der Waals surface area (Å²) in [6, 6.07) is 10.3. The number of aliphatic hydroxyl groups excluding tert-OH is 1. The van der Waals surface area contributed by atoms with Crippen LogP contribution in [0.3, 0.4) is 0 Å². The fraction of sp³-hybridized carbons (Fsp3) is 0.440. The third-order valence-corrected chi connectivity index (χ3v) is 6.08. The molecule has 4 rings (SSSR count). The molecule has 0 spiro atoms.